The Morgan fingerprint density at radius 1 is 1.38 bits per heavy atom. The van der Waals surface area contributed by atoms with Crippen LogP contribution in [0, 0.1) is 0 Å². The van der Waals surface area contributed by atoms with Crippen LogP contribution < -0.4 is 51.4 Å². The molecule has 2 nitrogen and oxygen atoms in total. The summed E-state index contributed by atoms with van der Waals surface area (Å²) in [6, 6.07) is 0. The molecule has 0 atom stereocenters. The van der Waals surface area contributed by atoms with Crippen LogP contribution in [0.2, 0.25) is 6.32 Å². The Bertz CT molecular complexity index is 151. The molecule has 0 fully saturated rings. The molecule has 0 saturated carbocycles. The van der Waals surface area contributed by atoms with Gasteiger partial charge in [0.05, 0.1) is 6.61 Å². The molecule has 0 heterocycles. The van der Waals surface area contributed by atoms with Crippen molar-refractivity contribution in [2.75, 3.05) is 6.61 Å². The van der Waals surface area contributed by atoms with Crippen molar-refractivity contribution in [1.29, 1.82) is 0 Å². The minimum absolute atomic E-state index is 0. The van der Waals surface area contributed by atoms with Crippen molar-refractivity contribution in [2.45, 2.75) is 26.1 Å². The Balaban J connectivity index is 0. The summed E-state index contributed by atoms with van der Waals surface area (Å²) >= 11 is 0. The van der Waals surface area contributed by atoms with Crippen molar-refractivity contribution in [3.63, 3.8) is 0 Å². The second-order valence-electron chi connectivity index (χ2n) is 2.41. The molecule has 0 aliphatic carbocycles. The number of hydrogen-bond acceptors (Lipinski definition) is 2. The van der Waals surface area contributed by atoms with Gasteiger partial charge < -0.3 is 17.7 Å². The molecule has 0 spiro atoms. The van der Waals surface area contributed by atoms with Gasteiger partial charge in [0.1, 0.15) is 0 Å². The number of carbonyl (C=O) groups is 1. The van der Waals surface area contributed by atoms with E-state index in [1.54, 1.807) is 6.92 Å². The Hall–Kier alpha value is 0.961. The zero-order valence-electron chi connectivity index (χ0n) is 7.86. The van der Waals surface area contributed by atoms with E-state index < -0.39 is 19.3 Å². The van der Waals surface area contributed by atoms with Crippen molar-refractivity contribution < 1.29 is 73.9 Å². The summed E-state index contributed by atoms with van der Waals surface area (Å²) in [4.78, 5) is 10.5. The number of ether oxygens (including phenoxy) is 1. The van der Waals surface area contributed by atoms with Crippen molar-refractivity contribution in [3.05, 3.63) is 0 Å². The first kappa shape index (κ1) is 16.4. The van der Waals surface area contributed by atoms with Crippen molar-refractivity contribution >= 4 is 12.9 Å². The molecule has 0 aliphatic rings. The van der Waals surface area contributed by atoms with Gasteiger partial charge in [-0.05, 0) is 6.92 Å². The summed E-state index contributed by atoms with van der Waals surface area (Å²) in [6.45, 7) is -2.92. The van der Waals surface area contributed by atoms with Gasteiger partial charge in [-0.2, -0.15) is 0 Å². The van der Waals surface area contributed by atoms with Crippen LogP contribution in [0.4, 0.5) is 12.9 Å². The average Bonchev–Trinajstić information content (AvgIpc) is 1.84. The predicted octanol–water partition coefficient (Wildman–Crippen LogP) is -0.819. The molecular weight excluding hydrogens is 211 g/mol. The smallest absolute Gasteiger partial charge is 0.466 e. The molecule has 0 aromatic rings. The van der Waals surface area contributed by atoms with Gasteiger partial charge in [-0.25, -0.2) is 0 Å². The minimum Gasteiger partial charge on any atom is -0.466 e. The van der Waals surface area contributed by atoms with E-state index in [0.29, 0.717) is 0 Å². The van der Waals surface area contributed by atoms with Crippen molar-refractivity contribution in [1.82, 2.24) is 0 Å². The summed E-state index contributed by atoms with van der Waals surface area (Å²) in [5, 5.41) is 0. The maximum atomic E-state index is 11.6. The number of hydrogen-bond donors (Lipinski definition) is 0. The molecular formula is C6H11BF3KO2. The molecule has 0 rings (SSSR count). The minimum atomic E-state index is -4.75. The van der Waals surface area contributed by atoms with E-state index in [-0.39, 0.29) is 70.8 Å². The summed E-state index contributed by atoms with van der Waals surface area (Å²) in [6.07, 6.45) is -1.17. The van der Waals surface area contributed by atoms with Gasteiger partial charge in [0.15, 0.2) is 0 Å². The molecule has 0 aliphatic heterocycles. The van der Waals surface area contributed by atoms with Gasteiger partial charge in [-0.15, -0.1) is 0 Å². The Labute approximate surface area is 118 Å². The topological polar surface area (TPSA) is 26.3 Å². The standard InChI is InChI=1S/C6H11BF3O2.K/c1-2-12-6(11)4-3-5-7(8,9)10;/h2-5H2,1H3;/q-1;+1. The van der Waals surface area contributed by atoms with E-state index in [1.165, 1.54) is 0 Å². The summed E-state index contributed by atoms with van der Waals surface area (Å²) in [5.74, 6) is -0.558. The van der Waals surface area contributed by atoms with Crippen LogP contribution in [0.1, 0.15) is 19.8 Å². The van der Waals surface area contributed by atoms with E-state index in [9.17, 15) is 17.7 Å². The summed E-state index contributed by atoms with van der Waals surface area (Å²) < 4.78 is 39.3. The second kappa shape index (κ2) is 8.28. The third-order valence-corrected chi connectivity index (χ3v) is 1.22. The van der Waals surface area contributed by atoms with Gasteiger partial charge in [-0.1, -0.05) is 12.7 Å². The Morgan fingerprint density at radius 2 is 1.92 bits per heavy atom. The van der Waals surface area contributed by atoms with E-state index in [4.69, 9.17) is 0 Å². The van der Waals surface area contributed by atoms with Crippen LogP contribution >= 0.6 is 0 Å². The molecule has 0 amide bonds. The third-order valence-electron chi connectivity index (χ3n) is 1.22. The fourth-order valence-corrected chi connectivity index (χ4v) is 0.711. The molecule has 0 N–H and O–H groups in total. The zero-order chi connectivity index (χ0) is 9.61. The fourth-order valence-electron chi connectivity index (χ4n) is 0.711. The van der Waals surface area contributed by atoms with Crippen LogP contribution in [-0.2, 0) is 9.53 Å². The van der Waals surface area contributed by atoms with Gasteiger partial charge in [0.2, 0.25) is 0 Å². The van der Waals surface area contributed by atoms with Crippen LogP contribution in [0.3, 0.4) is 0 Å². The van der Waals surface area contributed by atoms with Crippen LogP contribution in [-0.4, -0.2) is 19.6 Å². The zero-order valence-corrected chi connectivity index (χ0v) is 11.0. The van der Waals surface area contributed by atoms with Crippen LogP contribution in [0.5, 0.6) is 0 Å². The molecule has 0 aromatic heterocycles. The number of halogens is 3. The normalized spacial score (nSPS) is 10.5. The van der Waals surface area contributed by atoms with Gasteiger partial charge >= 0.3 is 64.3 Å². The Kier molecular flexibility index (Phi) is 10.4. The number of esters is 1. The fraction of sp³-hybridized carbons (Fsp3) is 0.833. The maximum absolute atomic E-state index is 11.6. The van der Waals surface area contributed by atoms with Crippen LogP contribution in [0.25, 0.3) is 0 Å². The quantitative estimate of drug-likeness (QED) is 0.448. The van der Waals surface area contributed by atoms with Crippen molar-refractivity contribution in [3.8, 4) is 0 Å². The first-order valence-corrected chi connectivity index (χ1v) is 3.82. The largest absolute Gasteiger partial charge is 1.00 e. The molecule has 72 valence electrons. The Morgan fingerprint density at radius 3 is 2.31 bits per heavy atom. The van der Waals surface area contributed by atoms with Gasteiger partial charge in [0, 0.05) is 6.42 Å². The SMILES string of the molecule is CCOC(=O)CCC[B-](F)(F)F.[K+]. The molecule has 0 radical (unpaired) electrons. The second-order valence-corrected chi connectivity index (χ2v) is 2.41. The molecule has 7 heteroatoms. The maximum Gasteiger partial charge on any atom is 1.00 e. The molecule has 0 bridgehead atoms. The van der Waals surface area contributed by atoms with Crippen LogP contribution in [0.15, 0.2) is 0 Å². The predicted molar refractivity (Wildman–Crippen MR) is 39.8 cm³/mol. The van der Waals surface area contributed by atoms with E-state index in [1.807, 2.05) is 0 Å². The first-order chi connectivity index (χ1) is 5.45. The van der Waals surface area contributed by atoms with Gasteiger partial charge in [-0.3, -0.25) is 4.79 Å². The van der Waals surface area contributed by atoms with E-state index in [0.717, 1.165) is 0 Å². The molecule has 0 unspecified atom stereocenters. The first-order valence-electron chi connectivity index (χ1n) is 3.82. The molecule has 0 saturated heterocycles. The third kappa shape index (κ3) is 13.0. The van der Waals surface area contributed by atoms with E-state index >= 15 is 0 Å². The number of rotatable bonds is 5. The van der Waals surface area contributed by atoms with Gasteiger partial charge in [0.25, 0.3) is 0 Å². The average molecular weight is 222 g/mol. The number of carbonyl (C=O) groups excluding carboxylic acids is 1. The molecule has 13 heavy (non-hydrogen) atoms. The van der Waals surface area contributed by atoms with E-state index in [2.05, 4.69) is 4.74 Å². The molecule has 0 aromatic carbocycles. The summed E-state index contributed by atoms with van der Waals surface area (Å²) in [5.41, 5.74) is 0. The monoisotopic (exact) mass is 222 g/mol. The van der Waals surface area contributed by atoms with Crippen molar-refractivity contribution in [2.24, 2.45) is 0 Å². The summed E-state index contributed by atoms with van der Waals surface area (Å²) in [7, 11) is 0.